The predicted molar refractivity (Wildman–Crippen MR) is 86.2 cm³/mol. The number of amides is 2. The van der Waals surface area contributed by atoms with E-state index in [1.807, 2.05) is 6.92 Å². The van der Waals surface area contributed by atoms with Gasteiger partial charge in [0.2, 0.25) is 0 Å². The molecule has 0 unspecified atom stereocenters. The largest absolute Gasteiger partial charge is 0.338 e. The zero-order valence-electron chi connectivity index (χ0n) is 13.3. The maximum atomic E-state index is 11.8. The van der Waals surface area contributed by atoms with Gasteiger partial charge in [-0.3, -0.25) is 0 Å². The van der Waals surface area contributed by atoms with Crippen LogP contribution in [0.2, 0.25) is 0 Å². The van der Waals surface area contributed by atoms with Crippen LogP contribution in [0.1, 0.15) is 26.2 Å². The topological polar surface area (TPSA) is 47.6 Å². The highest BCUT2D eigenvalue weighted by Crippen LogP contribution is 2.15. The molecule has 0 radical (unpaired) electrons. The summed E-state index contributed by atoms with van der Waals surface area (Å²) >= 11 is 0. The van der Waals surface area contributed by atoms with E-state index in [0.717, 1.165) is 69.8 Å². The molecule has 5 heteroatoms. The van der Waals surface area contributed by atoms with Crippen molar-refractivity contribution in [3.05, 3.63) is 23.4 Å². The zero-order chi connectivity index (χ0) is 15.1. The van der Waals surface area contributed by atoms with Crippen molar-refractivity contribution in [1.29, 1.82) is 0 Å². The molecular formula is C16H28N4O. The summed E-state index contributed by atoms with van der Waals surface area (Å²) in [6.45, 7) is 8.41. The van der Waals surface area contributed by atoms with E-state index in [1.165, 1.54) is 0 Å². The Kier molecular flexibility index (Phi) is 6.26. The predicted octanol–water partition coefficient (Wildman–Crippen LogP) is 1.55. The highest BCUT2D eigenvalue weighted by molar-refractivity contribution is 5.76. The minimum Gasteiger partial charge on any atom is -0.338 e. The lowest BCUT2D eigenvalue weighted by molar-refractivity contribution is 0.153. The van der Waals surface area contributed by atoms with Crippen LogP contribution in [0, 0.1) is 0 Å². The number of carbonyl (C=O) groups is 1. The summed E-state index contributed by atoms with van der Waals surface area (Å²) in [6.07, 6.45) is 7.35. The Morgan fingerprint density at radius 2 is 1.90 bits per heavy atom. The van der Waals surface area contributed by atoms with Crippen LogP contribution in [0.25, 0.3) is 0 Å². The van der Waals surface area contributed by atoms with Crippen LogP contribution in [0.5, 0.6) is 0 Å². The van der Waals surface area contributed by atoms with Crippen LogP contribution in [-0.2, 0) is 0 Å². The van der Waals surface area contributed by atoms with E-state index in [-0.39, 0.29) is 6.03 Å². The Labute approximate surface area is 128 Å². The van der Waals surface area contributed by atoms with Crippen LogP contribution < -0.4 is 10.6 Å². The lowest BCUT2D eigenvalue weighted by Crippen LogP contribution is -2.45. The number of rotatable bonds is 5. The number of hydrogen-bond donors (Lipinski definition) is 2. The molecule has 1 saturated heterocycles. The van der Waals surface area contributed by atoms with Crippen LogP contribution in [0.15, 0.2) is 23.4 Å². The number of hydrogen-bond acceptors (Lipinski definition) is 3. The summed E-state index contributed by atoms with van der Waals surface area (Å²) in [4.78, 5) is 16.7. The molecule has 21 heavy (non-hydrogen) atoms. The quantitative estimate of drug-likeness (QED) is 0.756. The minimum absolute atomic E-state index is 0.0886. The van der Waals surface area contributed by atoms with Gasteiger partial charge in [0.05, 0.1) is 0 Å². The molecule has 0 bridgehead atoms. The first kappa shape index (κ1) is 16.0. The number of nitrogens with one attached hydrogen (secondary N) is 2. The summed E-state index contributed by atoms with van der Waals surface area (Å²) in [5.41, 5.74) is 2.12. The van der Waals surface area contributed by atoms with Gasteiger partial charge in [0.1, 0.15) is 0 Å². The molecule has 0 aromatic carbocycles. The van der Waals surface area contributed by atoms with Crippen LogP contribution >= 0.6 is 0 Å². The van der Waals surface area contributed by atoms with Gasteiger partial charge in [-0.05, 0) is 45.4 Å². The molecule has 1 heterocycles. The van der Waals surface area contributed by atoms with Gasteiger partial charge in [-0.25, -0.2) is 4.79 Å². The first-order valence-corrected chi connectivity index (χ1v) is 7.98. The number of urea groups is 1. The monoisotopic (exact) mass is 292 g/mol. The van der Waals surface area contributed by atoms with Crippen molar-refractivity contribution in [2.24, 2.45) is 0 Å². The van der Waals surface area contributed by atoms with E-state index >= 15 is 0 Å². The summed E-state index contributed by atoms with van der Waals surface area (Å²) in [6, 6.07) is -0.0886. The fourth-order valence-electron chi connectivity index (χ4n) is 2.69. The van der Waals surface area contributed by atoms with E-state index in [9.17, 15) is 4.79 Å². The second-order valence-corrected chi connectivity index (χ2v) is 5.96. The summed E-state index contributed by atoms with van der Waals surface area (Å²) in [5, 5.41) is 5.88. The van der Waals surface area contributed by atoms with Crippen molar-refractivity contribution >= 4 is 6.03 Å². The van der Waals surface area contributed by atoms with Crippen LogP contribution in [-0.4, -0.2) is 62.1 Å². The van der Waals surface area contributed by atoms with Gasteiger partial charge in [0.15, 0.2) is 0 Å². The first-order valence-electron chi connectivity index (χ1n) is 7.98. The molecular weight excluding hydrogens is 264 g/mol. The second kappa shape index (κ2) is 8.20. The van der Waals surface area contributed by atoms with Crippen LogP contribution in [0.3, 0.4) is 0 Å². The van der Waals surface area contributed by atoms with Gasteiger partial charge < -0.3 is 20.4 Å². The molecule has 0 aromatic rings. The number of carbonyl (C=O) groups excluding carboxylic acids is 1. The maximum Gasteiger partial charge on any atom is 0.319 e. The molecule has 0 saturated carbocycles. The molecule has 118 valence electrons. The highest BCUT2D eigenvalue weighted by atomic mass is 16.2. The third-order valence-corrected chi connectivity index (χ3v) is 4.17. The van der Waals surface area contributed by atoms with Gasteiger partial charge in [0, 0.05) is 38.4 Å². The number of likely N-dealkylation sites (N-methyl/N-ethyl adjacent to an activating group) is 1. The van der Waals surface area contributed by atoms with Gasteiger partial charge >= 0.3 is 6.03 Å². The van der Waals surface area contributed by atoms with Gasteiger partial charge in [0.25, 0.3) is 0 Å². The maximum absolute atomic E-state index is 11.8. The molecule has 1 aliphatic carbocycles. The van der Waals surface area contributed by atoms with Crippen molar-refractivity contribution in [3.63, 3.8) is 0 Å². The van der Waals surface area contributed by atoms with Crippen molar-refractivity contribution in [1.82, 2.24) is 20.4 Å². The van der Waals surface area contributed by atoms with Crippen molar-refractivity contribution in [3.8, 4) is 0 Å². The Hall–Kier alpha value is -1.33. The van der Waals surface area contributed by atoms with Crippen molar-refractivity contribution in [2.45, 2.75) is 26.2 Å². The normalized spacial score (nSPS) is 20.7. The average Bonchev–Trinajstić information content (AvgIpc) is 2.48. The molecule has 5 nitrogen and oxygen atoms in total. The molecule has 0 atom stereocenters. The van der Waals surface area contributed by atoms with E-state index in [0.29, 0.717) is 0 Å². The van der Waals surface area contributed by atoms with Gasteiger partial charge in [-0.15, -0.1) is 0 Å². The third kappa shape index (κ3) is 5.52. The number of piperazine rings is 1. The molecule has 0 spiro atoms. The molecule has 2 rings (SSSR count). The fourth-order valence-corrected chi connectivity index (χ4v) is 2.69. The molecule has 2 N–H and O–H groups in total. The average molecular weight is 292 g/mol. The molecule has 2 aliphatic rings. The Bertz CT molecular complexity index is 409. The van der Waals surface area contributed by atoms with E-state index in [4.69, 9.17) is 0 Å². The van der Waals surface area contributed by atoms with E-state index in [1.54, 1.807) is 0 Å². The molecule has 2 amide bonds. The minimum atomic E-state index is -0.0886. The standard InChI is InChI=1S/C16H28N4O/c1-14-6-3-4-7-15(14)18-16(21)17-8-5-9-20-12-10-19(2)11-13-20/h6-7H,3-5,8-13H2,1-2H3,(H2,17,18,21). The lowest BCUT2D eigenvalue weighted by Gasteiger charge is -2.32. The summed E-state index contributed by atoms with van der Waals surface area (Å²) < 4.78 is 0. The van der Waals surface area contributed by atoms with E-state index < -0.39 is 0 Å². The van der Waals surface area contributed by atoms with Crippen molar-refractivity contribution in [2.75, 3.05) is 46.3 Å². The third-order valence-electron chi connectivity index (χ3n) is 4.17. The van der Waals surface area contributed by atoms with Crippen LogP contribution in [0.4, 0.5) is 4.79 Å². The highest BCUT2D eigenvalue weighted by Gasteiger charge is 2.13. The van der Waals surface area contributed by atoms with Gasteiger partial charge in [-0.2, -0.15) is 0 Å². The zero-order valence-corrected chi connectivity index (χ0v) is 13.3. The summed E-state index contributed by atoms with van der Waals surface area (Å²) in [5.74, 6) is 0. The molecule has 1 aliphatic heterocycles. The van der Waals surface area contributed by atoms with Crippen molar-refractivity contribution < 1.29 is 4.79 Å². The first-order chi connectivity index (χ1) is 10.1. The Morgan fingerprint density at radius 3 is 2.62 bits per heavy atom. The SMILES string of the molecule is CC1=CCCC=C1NC(=O)NCCCN1CCN(C)CC1. The fraction of sp³-hybridized carbons (Fsp3) is 0.688. The second-order valence-electron chi connectivity index (χ2n) is 5.96. The van der Waals surface area contributed by atoms with E-state index in [2.05, 4.69) is 39.6 Å². The lowest BCUT2D eigenvalue weighted by atomic mass is 10.1. The van der Waals surface area contributed by atoms with Gasteiger partial charge in [-0.1, -0.05) is 12.2 Å². The molecule has 1 fully saturated rings. The smallest absolute Gasteiger partial charge is 0.319 e. The Morgan fingerprint density at radius 1 is 1.19 bits per heavy atom. The number of allylic oxidation sites excluding steroid dienone is 3. The molecule has 0 aromatic heterocycles. The Balaban J connectivity index is 1.57. The summed E-state index contributed by atoms with van der Waals surface area (Å²) in [7, 11) is 2.17. The number of nitrogens with zero attached hydrogens (tertiary/aromatic N) is 2.